The largest absolute Gasteiger partial charge is 0.441 e. The van der Waals surface area contributed by atoms with Crippen molar-refractivity contribution in [3.8, 4) is 11.5 Å². The first-order valence-corrected chi connectivity index (χ1v) is 8.37. The number of carbonyl (C=O) groups is 1. The zero-order chi connectivity index (χ0) is 20.3. The van der Waals surface area contributed by atoms with Crippen LogP contribution in [0.1, 0.15) is 22.6 Å². The van der Waals surface area contributed by atoms with E-state index < -0.39 is 23.5 Å². The molecular formula is C20H16F4N2O2. The van der Waals surface area contributed by atoms with Crippen LogP contribution in [0.4, 0.5) is 17.6 Å². The summed E-state index contributed by atoms with van der Waals surface area (Å²) in [5, 5.41) is 2.47. The summed E-state index contributed by atoms with van der Waals surface area (Å²) in [6, 6.07) is 11.3. The molecule has 0 saturated heterocycles. The Morgan fingerprint density at radius 1 is 1.14 bits per heavy atom. The number of benzene rings is 2. The molecular weight excluding hydrogens is 376 g/mol. The van der Waals surface area contributed by atoms with Gasteiger partial charge in [-0.3, -0.25) is 4.79 Å². The number of alkyl halides is 3. The molecule has 0 fully saturated rings. The predicted octanol–water partition coefficient (Wildman–Crippen LogP) is 4.67. The van der Waals surface area contributed by atoms with Crippen molar-refractivity contribution in [1.29, 1.82) is 0 Å². The second kappa shape index (κ2) is 7.84. The fourth-order valence-corrected chi connectivity index (χ4v) is 2.63. The second-order valence-electron chi connectivity index (χ2n) is 6.19. The third kappa shape index (κ3) is 4.76. The number of carbonyl (C=O) groups excluding carboxylic acids is 1. The SMILES string of the molecule is Cc1oc(-c2ccccc2)nc1CC(=O)NCc1cc(F)cc(C(F)(F)F)c1. The van der Waals surface area contributed by atoms with Crippen molar-refractivity contribution in [3.63, 3.8) is 0 Å². The van der Waals surface area contributed by atoms with Crippen molar-refractivity contribution in [1.82, 2.24) is 10.3 Å². The molecule has 0 spiro atoms. The van der Waals surface area contributed by atoms with Crippen LogP contribution in [-0.4, -0.2) is 10.9 Å². The van der Waals surface area contributed by atoms with Gasteiger partial charge in [0.15, 0.2) is 0 Å². The van der Waals surface area contributed by atoms with Crippen LogP contribution in [0.2, 0.25) is 0 Å². The number of nitrogens with one attached hydrogen (secondary N) is 1. The normalized spacial score (nSPS) is 11.5. The number of oxazole rings is 1. The van der Waals surface area contributed by atoms with E-state index in [0.717, 1.165) is 17.7 Å². The smallest absolute Gasteiger partial charge is 0.416 e. The number of rotatable bonds is 5. The van der Waals surface area contributed by atoms with Crippen molar-refractivity contribution >= 4 is 5.91 Å². The van der Waals surface area contributed by atoms with Gasteiger partial charge in [-0.05, 0) is 42.8 Å². The van der Waals surface area contributed by atoms with Gasteiger partial charge in [0, 0.05) is 12.1 Å². The van der Waals surface area contributed by atoms with Gasteiger partial charge in [0.2, 0.25) is 11.8 Å². The standard InChI is InChI=1S/C20H16F4N2O2/c1-12-17(26-19(28-12)14-5-3-2-4-6-14)10-18(27)25-11-13-7-15(20(22,23)24)9-16(21)8-13/h2-9H,10-11H2,1H3,(H,25,27). The van der Waals surface area contributed by atoms with Crippen LogP contribution in [0.15, 0.2) is 52.9 Å². The van der Waals surface area contributed by atoms with Crippen LogP contribution in [0, 0.1) is 12.7 Å². The lowest BCUT2D eigenvalue weighted by Gasteiger charge is -2.10. The molecule has 0 aliphatic rings. The molecule has 2 aromatic carbocycles. The first-order valence-electron chi connectivity index (χ1n) is 8.37. The Bertz CT molecular complexity index is 982. The van der Waals surface area contributed by atoms with Crippen molar-refractivity contribution < 1.29 is 26.8 Å². The molecule has 1 aromatic heterocycles. The van der Waals surface area contributed by atoms with Crippen molar-refractivity contribution in [2.75, 3.05) is 0 Å². The number of aryl methyl sites for hydroxylation is 1. The highest BCUT2D eigenvalue weighted by atomic mass is 19.4. The highest BCUT2D eigenvalue weighted by Gasteiger charge is 2.31. The Kier molecular flexibility index (Phi) is 5.48. The van der Waals surface area contributed by atoms with Gasteiger partial charge in [-0.2, -0.15) is 13.2 Å². The predicted molar refractivity (Wildman–Crippen MR) is 93.6 cm³/mol. The molecule has 8 heteroatoms. The van der Waals surface area contributed by atoms with E-state index in [2.05, 4.69) is 10.3 Å². The van der Waals surface area contributed by atoms with Gasteiger partial charge in [0.1, 0.15) is 11.6 Å². The maximum Gasteiger partial charge on any atom is 0.416 e. The van der Waals surface area contributed by atoms with Gasteiger partial charge in [0.05, 0.1) is 17.7 Å². The Balaban J connectivity index is 1.66. The van der Waals surface area contributed by atoms with Gasteiger partial charge in [-0.15, -0.1) is 0 Å². The van der Waals surface area contributed by atoms with Crippen molar-refractivity contribution in [2.45, 2.75) is 26.1 Å². The number of hydrogen-bond acceptors (Lipinski definition) is 3. The third-order valence-corrected chi connectivity index (χ3v) is 4.02. The molecule has 0 saturated carbocycles. The molecule has 1 amide bonds. The number of nitrogens with zero attached hydrogens (tertiary/aromatic N) is 1. The summed E-state index contributed by atoms with van der Waals surface area (Å²) >= 11 is 0. The molecule has 0 unspecified atom stereocenters. The van der Waals surface area contributed by atoms with E-state index in [1.807, 2.05) is 30.3 Å². The van der Waals surface area contributed by atoms with E-state index in [1.54, 1.807) is 6.92 Å². The van der Waals surface area contributed by atoms with E-state index in [4.69, 9.17) is 4.42 Å². The molecule has 146 valence electrons. The summed E-state index contributed by atoms with van der Waals surface area (Å²) in [6.45, 7) is 1.44. The molecule has 3 rings (SSSR count). The Morgan fingerprint density at radius 3 is 2.54 bits per heavy atom. The van der Waals surface area contributed by atoms with Crippen molar-refractivity contribution in [3.05, 3.63) is 76.9 Å². The van der Waals surface area contributed by atoms with Gasteiger partial charge in [-0.25, -0.2) is 9.37 Å². The van der Waals surface area contributed by atoms with Crippen LogP contribution < -0.4 is 5.32 Å². The highest BCUT2D eigenvalue weighted by molar-refractivity contribution is 5.78. The zero-order valence-corrected chi connectivity index (χ0v) is 14.8. The van der Waals surface area contributed by atoms with Crippen LogP contribution in [0.25, 0.3) is 11.5 Å². The Morgan fingerprint density at radius 2 is 1.86 bits per heavy atom. The summed E-state index contributed by atoms with van der Waals surface area (Å²) in [7, 11) is 0. The lowest BCUT2D eigenvalue weighted by molar-refractivity contribution is -0.137. The number of halogens is 4. The van der Waals surface area contributed by atoms with Crippen LogP contribution in [0.5, 0.6) is 0 Å². The minimum absolute atomic E-state index is 0.0162. The molecule has 0 atom stereocenters. The van der Waals surface area contributed by atoms with Crippen LogP contribution in [0.3, 0.4) is 0 Å². The molecule has 4 nitrogen and oxygen atoms in total. The van der Waals surface area contributed by atoms with E-state index in [9.17, 15) is 22.4 Å². The number of aromatic nitrogens is 1. The molecule has 0 bridgehead atoms. The first kappa shape index (κ1) is 19.6. The summed E-state index contributed by atoms with van der Waals surface area (Å²) in [5.74, 6) is -0.632. The summed E-state index contributed by atoms with van der Waals surface area (Å²) in [5.41, 5.74) is 0.0994. The molecule has 0 aliphatic heterocycles. The van der Waals surface area contributed by atoms with Gasteiger partial charge in [-0.1, -0.05) is 18.2 Å². The topological polar surface area (TPSA) is 55.1 Å². The molecule has 28 heavy (non-hydrogen) atoms. The van der Waals surface area contributed by atoms with Gasteiger partial charge >= 0.3 is 6.18 Å². The molecule has 1 heterocycles. The second-order valence-corrected chi connectivity index (χ2v) is 6.19. The number of amides is 1. The zero-order valence-electron chi connectivity index (χ0n) is 14.8. The maximum atomic E-state index is 13.4. The van der Waals surface area contributed by atoms with Crippen LogP contribution in [-0.2, 0) is 23.9 Å². The minimum Gasteiger partial charge on any atom is -0.441 e. The van der Waals surface area contributed by atoms with E-state index >= 15 is 0 Å². The lowest BCUT2D eigenvalue weighted by atomic mass is 10.1. The minimum atomic E-state index is -4.66. The highest BCUT2D eigenvalue weighted by Crippen LogP contribution is 2.30. The third-order valence-electron chi connectivity index (χ3n) is 4.02. The van der Waals surface area contributed by atoms with E-state index in [0.29, 0.717) is 23.4 Å². The first-order chi connectivity index (χ1) is 13.2. The fourth-order valence-electron chi connectivity index (χ4n) is 2.63. The Hall–Kier alpha value is -3.16. The summed E-state index contributed by atoms with van der Waals surface area (Å²) < 4.78 is 57.2. The van der Waals surface area contributed by atoms with E-state index in [1.165, 1.54) is 0 Å². The monoisotopic (exact) mass is 392 g/mol. The summed E-state index contributed by atoms with van der Waals surface area (Å²) in [6.07, 6.45) is -4.77. The van der Waals surface area contributed by atoms with Crippen LogP contribution >= 0.6 is 0 Å². The van der Waals surface area contributed by atoms with E-state index in [-0.39, 0.29) is 18.5 Å². The molecule has 1 N–H and O–H groups in total. The lowest BCUT2D eigenvalue weighted by Crippen LogP contribution is -2.25. The molecule has 0 radical (unpaired) electrons. The average Bonchev–Trinajstić information content (AvgIpc) is 3.00. The fraction of sp³-hybridized carbons (Fsp3) is 0.200. The average molecular weight is 392 g/mol. The van der Waals surface area contributed by atoms with Gasteiger partial charge < -0.3 is 9.73 Å². The van der Waals surface area contributed by atoms with Gasteiger partial charge in [0.25, 0.3) is 0 Å². The molecule has 3 aromatic rings. The number of hydrogen-bond donors (Lipinski definition) is 1. The van der Waals surface area contributed by atoms with Crippen molar-refractivity contribution in [2.24, 2.45) is 0 Å². The quantitative estimate of drug-likeness (QED) is 0.642. The Labute approximate surface area is 158 Å². The molecule has 0 aliphatic carbocycles. The summed E-state index contributed by atoms with van der Waals surface area (Å²) in [4.78, 5) is 16.4. The maximum absolute atomic E-state index is 13.4.